The maximum absolute atomic E-state index is 11.8. The summed E-state index contributed by atoms with van der Waals surface area (Å²) in [6.45, 7) is 1.92. The van der Waals surface area contributed by atoms with Crippen LogP contribution in [0.3, 0.4) is 0 Å². The van der Waals surface area contributed by atoms with Crippen LogP contribution in [-0.4, -0.2) is 20.5 Å². The Bertz CT molecular complexity index is 930. The van der Waals surface area contributed by atoms with Gasteiger partial charge in [0.2, 0.25) is 11.8 Å². The Balaban J connectivity index is 1.55. The van der Waals surface area contributed by atoms with Gasteiger partial charge < -0.3 is 15.8 Å². The molecule has 2 heterocycles. The van der Waals surface area contributed by atoms with Crippen molar-refractivity contribution >= 4 is 23.1 Å². The standard InChI is InChI=1S/C17H17N5O2/c1-10-8-12(4-5-13(10)18)24-16-7-6-15-19-14(9-22(15)21-16)20-17(23)11-2-3-11/h4-9,11H,2-3,18H2,1H3,(H,20,23). The predicted molar refractivity (Wildman–Crippen MR) is 90.0 cm³/mol. The molecule has 0 aliphatic heterocycles. The molecule has 1 aromatic carbocycles. The third kappa shape index (κ3) is 2.88. The van der Waals surface area contributed by atoms with E-state index < -0.39 is 0 Å². The Kier molecular flexibility index (Phi) is 3.34. The number of hydrogen-bond donors (Lipinski definition) is 2. The second-order valence-electron chi connectivity index (χ2n) is 5.98. The summed E-state index contributed by atoms with van der Waals surface area (Å²) in [5.41, 5.74) is 8.11. The molecule has 0 atom stereocenters. The smallest absolute Gasteiger partial charge is 0.237 e. The lowest BCUT2D eigenvalue weighted by molar-refractivity contribution is -0.117. The maximum atomic E-state index is 11.8. The summed E-state index contributed by atoms with van der Waals surface area (Å²) in [6.07, 6.45) is 3.59. The van der Waals surface area contributed by atoms with E-state index in [0.717, 1.165) is 24.1 Å². The number of ether oxygens (including phenoxy) is 1. The number of rotatable bonds is 4. The molecule has 7 heteroatoms. The van der Waals surface area contributed by atoms with Gasteiger partial charge in [0.15, 0.2) is 11.5 Å². The van der Waals surface area contributed by atoms with Crippen molar-refractivity contribution in [3.8, 4) is 11.6 Å². The fourth-order valence-corrected chi connectivity index (χ4v) is 2.39. The number of aryl methyl sites for hydroxylation is 1. The number of carbonyl (C=O) groups excluding carboxylic acids is 1. The molecule has 0 saturated heterocycles. The van der Waals surface area contributed by atoms with Crippen molar-refractivity contribution in [1.29, 1.82) is 0 Å². The van der Waals surface area contributed by atoms with Gasteiger partial charge in [-0.05, 0) is 49.6 Å². The molecule has 2 aromatic heterocycles. The van der Waals surface area contributed by atoms with E-state index in [2.05, 4.69) is 15.4 Å². The molecule has 0 radical (unpaired) electrons. The van der Waals surface area contributed by atoms with E-state index in [1.54, 1.807) is 35.0 Å². The van der Waals surface area contributed by atoms with E-state index in [4.69, 9.17) is 10.5 Å². The highest BCUT2D eigenvalue weighted by Crippen LogP contribution is 2.30. The Morgan fingerprint density at radius 2 is 2.17 bits per heavy atom. The number of imidazole rings is 1. The lowest BCUT2D eigenvalue weighted by atomic mass is 10.2. The first kappa shape index (κ1) is 14.5. The van der Waals surface area contributed by atoms with Crippen LogP contribution < -0.4 is 15.8 Å². The normalized spacial score (nSPS) is 13.9. The number of anilines is 2. The SMILES string of the molecule is Cc1cc(Oc2ccc3nc(NC(=O)C4CC4)cn3n2)ccc1N. The van der Waals surface area contributed by atoms with Gasteiger partial charge in [-0.2, -0.15) is 0 Å². The van der Waals surface area contributed by atoms with Gasteiger partial charge in [-0.15, -0.1) is 5.10 Å². The lowest BCUT2D eigenvalue weighted by Gasteiger charge is -2.06. The van der Waals surface area contributed by atoms with Crippen LogP contribution in [0.15, 0.2) is 36.5 Å². The van der Waals surface area contributed by atoms with Crippen LogP contribution in [0, 0.1) is 12.8 Å². The van der Waals surface area contributed by atoms with Gasteiger partial charge in [-0.1, -0.05) is 0 Å². The molecule has 0 unspecified atom stereocenters. The van der Waals surface area contributed by atoms with Crippen molar-refractivity contribution in [2.24, 2.45) is 5.92 Å². The number of fused-ring (bicyclic) bond motifs is 1. The zero-order valence-electron chi connectivity index (χ0n) is 13.2. The van der Waals surface area contributed by atoms with Gasteiger partial charge in [0.1, 0.15) is 5.75 Å². The molecule has 1 amide bonds. The predicted octanol–water partition coefficient (Wildman–Crippen LogP) is 2.76. The van der Waals surface area contributed by atoms with Gasteiger partial charge in [0.25, 0.3) is 0 Å². The molecule has 1 saturated carbocycles. The summed E-state index contributed by atoms with van der Waals surface area (Å²) < 4.78 is 7.34. The fourth-order valence-electron chi connectivity index (χ4n) is 2.39. The number of benzene rings is 1. The number of nitrogens with one attached hydrogen (secondary N) is 1. The zero-order chi connectivity index (χ0) is 16.7. The average molecular weight is 323 g/mol. The number of nitrogens with two attached hydrogens (primary N) is 1. The van der Waals surface area contributed by atoms with E-state index in [0.29, 0.717) is 23.1 Å². The number of aromatic nitrogens is 3. The van der Waals surface area contributed by atoms with Crippen LogP contribution in [0.25, 0.3) is 5.65 Å². The molecule has 24 heavy (non-hydrogen) atoms. The first-order valence-electron chi connectivity index (χ1n) is 7.80. The Morgan fingerprint density at radius 1 is 1.33 bits per heavy atom. The summed E-state index contributed by atoms with van der Waals surface area (Å²) in [4.78, 5) is 16.1. The third-order valence-corrected chi connectivity index (χ3v) is 3.96. The van der Waals surface area contributed by atoms with Crippen LogP contribution in [-0.2, 0) is 4.79 Å². The van der Waals surface area contributed by atoms with Gasteiger partial charge in [-0.3, -0.25) is 4.79 Å². The van der Waals surface area contributed by atoms with E-state index >= 15 is 0 Å². The molecule has 0 spiro atoms. The van der Waals surface area contributed by atoms with Crippen molar-refractivity contribution in [1.82, 2.24) is 14.6 Å². The largest absolute Gasteiger partial charge is 0.438 e. The zero-order valence-corrected chi connectivity index (χ0v) is 13.2. The second-order valence-corrected chi connectivity index (χ2v) is 5.98. The average Bonchev–Trinajstić information content (AvgIpc) is 3.32. The molecule has 4 rings (SSSR count). The molecule has 1 aliphatic rings. The Labute approximate surface area is 138 Å². The second kappa shape index (κ2) is 5.52. The minimum Gasteiger partial charge on any atom is -0.438 e. The molecule has 0 bridgehead atoms. The molecule has 3 aromatic rings. The molecule has 122 valence electrons. The molecular weight excluding hydrogens is 306 g/mol. The number of carbonyl (C=O) groups is 1. The molecule has 1 aliphatic carbocycles. The Morgan fingerprint density at radius 3 is 2.92 bits per heavy atom. The number of nitrogens with zero attached hydrogens (tertiary/aromatic N) is 3. The molecular formula is C17H17N5O2. The molecule has 1 fully saturated rings. The van der Waals surface area contributed by atoms with Crippen LogP contribution >= 0.6 is 0 Å². The van der Waals surface area contributed by atoms with Gasteiger partial charge >= 0.3 is 0 Å². The van der Waals surface area contributed by atoms with Crippen LogP contribution in [0.2, 0.25) is 0 Å². The van der Waals surface area contributed by atoms with Gasteiger partial charge in [0, 0.05) is 17.7 Å². The minimum absolute atomic E-state index is 0.0206. The highest BCUT2D eigenvalue weighted by molar-refractivity contribution is 5.93. The molecule has 7 nitrogen and oxygen atoms in total. The van der Waals surface area contributed by atoms with Gasteiger partial charge in [0.05, 0.1) is 6.20 Å². The van der Waals surface area contributed by atoms with Gasteiger partial charge in [-0.25, -0.2) is 9.50 Å². The van der Waals surface area contributed by atoms with Crippen molar-refractivity contribution < 1.29 is 9.53 Å². The quantitative estimate of drug-likeness (QED) is 0.720. The minimum atomic E-state index is 0.0206. The number of nitrogen functional groups attached to an aromatic ring is 1. The van der Waals surface area contributed by atoms with E-state index in [1.165, 1.54) is 0 Å². The first-order chi connectivity index (χ1) is 11.6. The number of hydrogen-bond acceptors (Lipinski definition) is 5. The van der Waals surface area contributed by atoms with Crippen LogP contribution in [0.4, 0.5) is 11.5 Å². The number of amides is 1. The first-order valence-corrected chi connectivity index (χ1v) is 7.80. The van der Waals surface area contributed by atoms with Crippen LogP contribution in [0.5, 0.6) is 11.6 Å². The monoisotopic (exact) mass is 323 g/mol. The van der Waals surface area contributed by atoms with Crippen molar-refractivity contribution in [2.45, 2.75) is 19.8 Å². The summed E-state index contributed by atoms with van der Waals surface area (Å²) in [7, 11) is 0. The fraction of sp³-hybridized carbons (Fsp3) is 0.235. The van der Waals surface area contributed by atoms with Crippen molar-refractivity contribution in [3.05, 3.63) is 42.1 Å². The van der Waals surface area contributed by atoms with E-state index in [9.17, 15) is 4.79 Å². The van der Waals surface area contributed by atoms with Crippen molar-refractivity contribution in [2.75, 3.05) is 11.1 Å². The molecule has 3 N–H and O–H groups in total. The summed E-state index contributed by atoms with van der Waals surface area (Å²) in [6, 6.07) is 8.98. The summed E-state index contributed by atoms with van der Waals surface area (Å²) in [5.74, 6) is 1.75. The van der Waals surface area contributed by atoms with E-state index in [-0.39, 0.29) is 11.8 Å². The lowest BCUT2D eigenvalue weighted by Crippen LogP contribution is -2.13. The topological polar surface area (TPSA) is 94.5 Å². The maximum Gasteiger partial charge on any atom is 0.237 e. The highest BCUT2D eigenvalue weighted by Gasteiger charge is 2.30. The van der Waals surface area contributed by atoms with Crippen LogP contribution in [0.1, 0.15) is 18.4 Å². The summed E-state index contributed by atoms with van der Waals surface area (Å²) in [5, 5.41) is 7.17. The third-order valence-electron chi connectivity index (χ3n) is 3.96. The van der Waals surface area contributed by atoms with E-state index in [1.807, 2.05) is 13.0 Å². The highest BCUT2D eigenvalue weighted by atomic mass is 16.5. The van der Waals surface area contributed by atoms with Crippen molar-refractivity contribution in [3.63, 3.8) is 0 Å². The Hall–Kier alpha value is -3.09. The summed E-state index contributed by atoms with van der Waals surface area (Å²) >= 11 is 0.